The predicted octanol–water partition coefficient (Wildman–Crippen LogP) is 1.33. The zero-order valence-corrected chi connectivity index (χ0v) is 9.07. The molecular formula is C10H12N4S. The van der Waals surface area contributed by atoms with Crippen LogP contribution in [0.4, 0.5) is 0 Å². The largest absolute Gasteiger partial charge is 0.317 e. The second-order valence-corrected chi connectivity index (χ2v) is 4.70. The van der Waals surface area contributed by atoms with Crippen LogP contribution < -0.4 is 5.73 Å². The fourth-order valence-electron chi connectivity index (χ4n) is 2.00. The molecule has 0 saturated carbocycles. The summed E-state index contributed by atoms with van der Waals surface area (Å²) in [6.45, 7) is 1.01. The molecule has 1 atom stereocenters. The molecule has 1 aliphatic heterocycles. The van der Waals surface area contributed by atoms with E-state index in [-0.39, 0.29) is 6.04 Å². The van der Waals surface area contributed by atoms with Gasteiger partial charge in [0.2, 0.25) is 0 Å². The topological polar surface area (TPSA) is 56.7 Å². The van der Waals surface area contributed by atoms with Crippen LogP contribution in [0.1, 0.15) is 29.0 Å². The first-order chi connectivity index (χ1) is 7.36. The van der Waals surface area contributed by atoms with Crippen LogP contribution in [0.3, 0.4) is 0 Å². The van der Waals surface area contributed by atoms with Crippen molar-refractivity contribution in [1.29, 1.82) is 0 Å². The maximum Gasteiger partial charge on any atom is 0.155 e. The fraction of sp³-hybridized carbons (Fsp3) is 0.400. The molecular weight excluding hydrogens is 208 g/mol. The first kappa shape index (κ1) is 9.06. The Morgan fingerprint density at radius 3 is 3.20 bits per heavy atom. The number of rotatable bonds is 2. The molecule has 0 saturated heterocycles. The highest BCUT2D eigenvalue weighted by atomic mass is 32.1. The summed E-state index contributed by atoms with van der Waals surface area (Å²) < 4.78 is 2.16. The van der Waals surface area contributed by atoms with Gasteiger partial charge in [0, 0.05) is 17.8 Å². The number of aromatic nitrogens is 3. The molecule has 0 fully saturated rings. The van der Waals surface area contributed by atoms with Crippen LogP contribution in [-0.4, -0.2) is 14.8 Å². The van der Waals surface area contributed by atoms with Crippen molar-refractivity contribution in [3.05, 3.63) is 34.0 Å². The van der Waals surface area contributed by atoms with Gasteiger partial charge in [-0.05, 0) is 17.9 Å². The normalized spacial score (nSPS) is 16.6. The number of aryl methyl sites for hydroxylation is 1. The van der Waals surface area contributed by atoms with Crippen molar-refractivity contribution < 1.29 is 0 Å². The van der Waals surface area contributed by atoms with Crippen molar-refractivity contribution in [1.82, 2.24) is 14.8 Å². The van der Waals surface area contributed by atoms with Crippen molar-refractivity contribution in [3.63, 3.8) is 0 Å². The average Bonchev–Trinajstić information content (AvgIpc) is 2.94. The van der Waals surface area contributed by atoms with E-state index in [1.807, 2.05) is 17.5 Å². The van der Waals surface area contributed by atoms with Crippen molar-refractivity contribution in [2.75, 3.05) is 0 Å². The summed E-state index contributed by atoms with van der Waals surface area (Å²) in [5.74, 6) is 1.99. The molecule has 1 aliphatic rings. The van der Waals surface area contributed by atoms with Gasteiger partial charge in [0.1, 0.15) is 11.9 Å². The summed E-state index contributed by atoms with van der Waals surface area (Å²) in [6, 6.07) is 3.94. The molecule has 0 aliphatic carbocycles. The van der Waals surface area contributed by atoms with Gasteiger partial charge in [0.05, 0.1) is 0 Å². The Balaban J connectivity index is 1.99. The third-order valence-corrected chi connectivity index (χ3v) is 3.72. The monoisotopic (exact) mass is 220 g/mol. The summed E-state index contributed by atoms with van der Waals surface area (Å²) in [5, 5.41) is 10.4. The molecule has 2 N–H and O–H groups in total. The van der Waals surface area contributed by atoms with Gasteiger partial charge in [0.25, 0.3) is 0 Å². The number of fused-ring (bicyclic) bond motifs is 1. The summed E-state index contributed by atoms with van der Waals surface area (Å²) in [5.41, 5.74) is 6.17. The standard InChI is InChI=1S/C10H12N4S/c11-9(7-3-2-6-15-7)10-13-12-8-4-1-5-14(8)10/h2-3,6,9H,1,4-5,11H2. The third kappa shape index (κ3) is 1.39. The van der Waals surface area contributed by atoms with Gasteiger partial charge in [-0.15, -0.1) is 21.5 Å². The smallest absolute Gasteiger partial charge is 0.155 e. The van der Waals surface area contributed by atoms with Crippen LogP contribution in [0.15, 0.2) is 17.5 Å². The van der Waals surface area contributed by atoms with Gasteiger partial charge in [-0.25, -0.2) is 0 Å². The predicted molar refractivity (Wildman–Crippen MR) is 58.7 cm³/mol. The lowest BCUT2D eigenvalue weighted by Crippen LogP contribution is -2.16. The number of hydrogen-bond donors (Lipinski definition) is 1. The zero-order chi connectivity index (χ0) is 10.3. The van der Waals surface area contributed by atoms with Crippen LogP contribution in [0.2, 0.25) is 0 Å². The van der Waals surface area contributed by atoms with Gasteiger partial charge in [-0.3, -0.25) is 0 Å². The molecule has 3 heterocycles. The Morgan fingerprint density at radius 1 is 1.47 bits per heavy atom. The van der Waals surface area contributed by atoms with Crippen LogP contribution in [0, 0.1) is 0 Å². The minimum Gasteiger partial charge on any atom is -0.317 e. The van der Waals surface area contributed by atoms with Gasteiger partial charge < -0.3 is 10.3 Å². The summed E-state index contributed by atoms with van der Waals surface area (Å²) >= 11 is 1.67. The van der Waals surface area contributed by atoms with Crippen molar-refractivity contribution in [3.8, 4) is 0 Å². The molecule has 5 heteroatoms. The van der Waals surface area contributed by atoms with E-state index in [1.165, 1.54) is 0 Å². The SMILES string of the molecule is NC(c1cccs1)c1nnc2n1CCC2. The van der Waals surface area contributed by atoms with E-state index in [9.17, 15) is 0 Å². The number of nitrogens with two attached hydrogens (primary N) is 1. The van der Waals surface area contributed by atoms with E-state index in [1.54, 1.807) is 11.3 Å². The highest BCUT2D eigenvalue weighted by molar-refractivity contribution is 7.10. The summed E-state index contributed by atoms with van der Waals surface area (Å²) in [4.78, 5) is 1.15. The maximum absolute atomic E-state index is 6.17. The maximum atomic E-state index is 6.17. The van der Waals surface area contributed by atoms with Crippen molar-refractivity contribution in [2.24, 2.45) is 5.73 Å². The number of nitrogens with zero attached hydrogens (tertiary/aromatic N) is 3. The highest BCUT2D eigenvalue weighted by Gasteiger charge is 2.22. The Kier molecular flexibility index (Phi) is 2.07. The highest BCUT2D eigenvalue weighted by Crippen LogP contribution is 2.25. The van der Waals surface area contributed by atoms with Crippen LogP contribution >= 0.6 is 11.3 Å². The zero-order valence-electron chi connectivity index (χ0n) is 8.26. The minimum atomic E-state index is -0.121. The second kappa shape index (κ2) is 3.43. The molecule has 15 heavy (non-hydrogen) atoms. The van der Waals surface area contributed by atoms with Gasteiger partial charge in [-0.2, -0.15) is 0 Å². The van der Waals surface area contributed by atoms with Crippen LogP contribution in [-0.2, 0) is 13.0 Å². The molecule has 2 aromatic rings. The van der Waals surface area contributed by atoms with Crippen molar-refractivity contribution >= 4 is 11.3 Å². The molecule has 0 radical (unpaired) electrons. The third-order valence-electron chi connectivity index (χ3n) is 2.77. The van der Waals surface area contributed by atoms with E-state index in [0.29, 0.717) is 0 Å². The first-order valence-corrected chi connectivity index (χ1v) is 5.95. The van der Waals surface area contributed by atoms with Gasteiger partial charge >= 0.3 is 0 Å². The Hall–Kier alpha value is -1.20. The molecule has 3 rings (SSSR count). The molecule has 2 aromatic heterocycles. The van der Waals surface area contributed by atoms with E-state index in [0.717, 1.165) is 35.9 Å². The fourth-order valence-corrected chi connectivity index (χ4v) is 2.72. The lowest BCUT2D eigenvalue weighted by molar-refractivity contribution is 0.654. The van der Waals surface area contributed by atoms with E-state index < -0.39 is 0 Å². The first-order valence-electron chi connectivity index (χ1n) is 5.07. The molecule has 1 unspecified atom stereocenters. The Labute approximate surface area is 91.7 Å². The van der Waals surface area contributed by atoms with Gasteiger partial charge in [0.15, 0.2) is 5.82 Å². The molecule has 78 valence electrons. The Bertz CT molecular complexity index is 460. The molecule has 0 spiro atoms. The average molecular weight is 220 g/mol. The second-order valence-electron chi connectivity index (χ2n) is 3.72. The quantitative estimate of drug-likeness (QED) is 0.830. The molecule has 0 aromatic carbocycles. The molecule has 4 nitrogen and oxygen atoms in total. The number of hydrogen-bond acceptors (Lipinski definition) is 4. The lowest BCUT2D eigenvalue weighted by Gasteiger charge is -2.09. The van der Waals surface area contributed by atoms with E-state index in [4.69, 9.17) is 5.73 Å². The summed E-state index contributed by atoms with van der Waals surface area (Å²) in [7, 11) is 0. The summed E-state index contributed by atoms with van der Waals surface area (Å²) in [6.07, 6.45) is 2.19. The Morgan fingerprint density at radius 2 is 2.40 bits per heavy atom. The number of thiophene rings is 1. The van der Waals surface area contributed by atoms with E-state index >= 15 is 0 Å². The van der Waals surface area contributed by atoms with Crippen molar-refractivity contribution in [2.45, 2.75) is 25.4 Å². The van der Waals surface area contributed by atoms with E-state index in [2.05, 4.69) is 14.8 Å². The minimum absolute atomic E-state index is 0.121. The lowest BCUT2D eigenvalue weighted by atomic mass is 10.2. The van der Waals surface area contributed by atoms with Crippen LogP contribution in [0.5, 0.6) is 0 Å². The molecule has 0 amide bonds. The van der Waals surface area contributed by atoms with Gasteiger partial charge in [-0.1, -0.05) is 6.07 Å². The molecule has 0 bridgehead atoms. The van der Waals surface area contributed by atoms with Crippen LogP contribution in [0.25, 0.3) is 0 Å².